The summed E-state index contributed by atoms with van der Waals surface area (Å²) in [6.07, 6.45) is 5.16. The third-order valence-electron chi connectivity index (χ3n) is 4.66. The molecule has 1 aromatic carbocycles. The molecular formula is C15H15Cl2N. The summed E-state index contributed by atoms with van der Waals surface area (Å²) in [4.78, 5) is 0. The van der Waals surface area contributed by atoms with Gasteiger partial charge < -0.3 is 0 Å². The highest BCUT2D eigenvalue weighted by Gasteiger charge is 2.43. The van der Waals surface area contributed by atoms with E-state index in [1.165, 1.54) is 25.7 Å². The Balaban J connectivity index is 1.91. The predicted octanol–water partition coefficient (Wildman–Crippen LogP) is 5.04. The second kappa shape index (κ2) is 4.76. The lowest BCUT2D eigenvalue weighted by Gasteiger charge is -2.26. The van der Waals surface area contributed by atoms with Crippen LogP contribution in [0.1, 0.15) is 37.2 Å². The molecule has 1 nitrogen and oxygen atoms in total. The van der Waals surface area contributed by atoms with Crippen molar-refractivity contribution in [3.05, 3.63) is 33.8 Å². The third-order valence-corrected chi connectivity index (χ3v) is 5.22. The van der Waals surface area contributed by atoms with E-state index in [1.807, 2.05) is 12.1 Å². The SMILES string of the molecule is N#CC(c1ccc(Cl)cc1Cl)C1CC2CCC1C2. The number of fused-ring (bicyclic) bond motifs is 2. The van der Waals surface area contributed by atoms with Gasteiger partial charge in [0.15, 0.2) is 0 Å². The fourth-order valence-corrected chi connectivity index (χ4v) is 4.38. The van der Waals surface area contributed by atoms with Crippen molar-refractivity contribution in [1.29, 1.82) is 5.26 Å². The molecule has 18 heavy (non-hydrogen) atoms. The van der Waals surface area contributed by atoms with Crippen molar-refractivity contribution in [3.63, 3.8) is 0 Å². The summed E-state index contributed by atoms with van der Waals surface area (Å²) in [6.45, 7) is 0. The van der Waals surface area contributed by atoms with E-state index in [-0.39, 0.29) is 5.92 Å². The summed E-state index contributed by atoms with van der Waals surface area (Å²) in [5.74, 6) is 2.01. The number of hydrogen-bond acceptors (Lipinski definition) is 1. The van der Waals surface area contributed by atoms with E-state index in [4.69, 9.17) is 23.2 Å². The van der Waals surface area contributed by atoms with Gasteiger partial charge in [-0.05, 0) is 54.7 Å². The second-order valence-electron chi connectivity index (χ2n) is 5.61. The molecule has 0 heterocycles. The van der Waals surface area contributed by atoms with Crippen LogP contribution in [0.25, 0.3) is 0 Å². The molecule has 0 aromatic heterocycles. The van der Waals surface area contributed by atoms with E-state index in [9.17, 15) is 5.26 Å². The highest BCUT2D eigenvalue weighted by atomic mass is 35.5. The quantitative estimate of drug-likeness (QED) is 0.744. The van der Waals surface area contributed by atoms with Crippen LogP contribution in [0.2, 0.25) is 10.0 Å². The molecular weight excluding hydrogens is 265 g/mol. The first-order valence-electron chi connectivity index (χ1n) is 6.53. The molecule has 0 amide bonds. The van der Waals surface area contributed by atoms with Crippen LogP contribution < -0.4 is 0 Å². The van der Waals surface area contributed by atoms with Gasteiger partial charge >= 0.3 is 0 Å². The van der Waals surface area contributed by atoms with Gasteiger partial charge in [-0.3, -0.25) is 0 Å². The summed E-state index contributed by atoms with van der Waals surface area (Å²) in [5.41, 5.74) is 0.959. The predicted molar refractivity (Wildman–Crippen MR) is 73.8 cm³/mol. The average molecular weight is 280 g/mol. The van der Waals surface area contributed by atoms with Gasteiger partial charge in [0.05, 0.1) is 12.0 Å². The minimum Gasteiger partial charge on any atom is -0.198 e. The van der Waals surface area contributed by atoms with Crippen LogP contribution in [0.5, 0.6) is 0 Å². The van der Waals surface area contributed by atoms with Crippen LogP contribution in [-0.2, 0) is 0 Å². The molecule has 2 bridgehead atoms. The van der Waals surface area contributed by atoms with Gasteiger partial charge in [0.25, 0.3) is 0 Å². The maximum Gasteiger partial charge on any atom is 0.0758 e. The Labute approximate surface area is 118 Å². The van der Waals surface area contributed by atoms with Gasteiger partial charge in [-0.25, -0.2) is 0 Å². The van der Waals surface area contributed by atoms with E-state index in [2.05, 4.69) is 6.07 Å². The molecule has 2 fully saturated rings. The molecule has 4 unspecified atom stereocenters. The van der Waals surface area contributed by atoms with E-state index in [0.717, 1.165) is 17.4 Å². The number of hydrogen-bond donors (Lipinski definition) is 0. The zero-order valence-electron chi connectivity index (χ0n) is 10.1. The van der Waals surface area contributed by atoms with Gasteiger partial charge in [-0.15, -0.1) is 0 Å². The molecule has 0 saturated heterocycles. The summed E-state index contributed by atoms with van der Waals surface area (Å²) in [5, 5.41) is 10.8. The number of rotatable bonds is 2. The Kier molecular flexibility index (Phi) is 3.26. The monoisotopic (exact) mass is 279 g/mol. The van der Waals surface area contributed by atoms with Gasteiger partial charge in [0, 0.05) is 10.0 Å². The zero-order valence-corrected chi connectivity index (χ0v) is 11.6. The van der Waals surface area contributed by atoms with Crippen molar-refractivity contribution in [1.82, 2.24) is 0 Å². The average Bonchev–Trinajstić information content (AvgIpc) is 2.95. The Morgan fingerprint density at radius 1 is 1.22 bits per heavy atom. The second-order valence-corrected chi connectivity index (χ2v) is 6.45. The lowest BCUT2D eigenvalue weighted by atomic mass is 9.77. The van der Waals surface area contributed by atoms with Crippen LogP contribution in [0.15, 0.2) is 18.2 Å². The van der Waals surface area contributed by atoms with E-state index < -0.39 is 0 Å². The molecule has 2 saturated carbocycles. The highest BCUT2D eigenvalue weighted by molar-refractivity contribution is 6.35. The fraction of sp³-hybridized carbons (Fsp3) is 0.533. The van der Waals surface area contributed by atoms with Gasteiger partial charge in [-0.1, -0.05) is 35.7 Å². The fourth-order valence-electron chi connectivity index (χ4n) is 3.85. The lowest BCUT2D eigenvalue weighted by Crippen LogP contribution is -2.18. The minimum atomic E-state index is -0.0648. The molecule has 0 aliphatic heterocycles. The van der Waals surface area contributed by atoms with Crippen molar-refractivity contribution in [2.24, 2.45) is 17.8 Å². The molecule has 0 N–H and O–H groups in total. The zero-order chi connectivity index (χ0) is 12.7. The first-order chi connectivity index (χ1) is 8.69. The largest absolute Gasteiger partial charge is 0.198 e. The van der Waals surface area contributed by atoms with Crippen molar-refractivity contribution < 1.29 is 0 Å². The summed E-state index contributed by atoms with van der Waals surface area (Å²) < 4.78 is 0. The first-order valence-corrected chi connectivity index (χ1v) is 7.29. The highest BCUT2D eigenvalue weighted by Crippen LogP contribution is 2.53. The van der Waals surface area contributed by atoms with Crippen molar-refractivity contribution in [2.75, 3.05) is 0 Å². The molecule has 3 heteroatoms. The summed E-state index contributed by atoms with van der Waals surface area (Å²) in [7, 11) is 0. The number of halogens is 2. The molecule has 2 aliphatic rings. The van der Waals surface area contributed by atoms with Gasteiger partial charge in [0.1, 0.15) is 0 Å². The van der Waals surface area contributed by atoms with Crippen LogP contribution in [0.3, 0.4) is 0 Å². The summed E-state index contributed by atoms with van der Waals surface area (Å²) in [6, 6.07) is 7.98. The molecule has 2 aliphatic carbocycles. The summed E-state index contributed by atoms with van der Waals surface area (Å²) >= 11 is 12.2. The number of nitrogens with zero attached hydrogens (tertiary/aromatic N) is 1. The van der Waals surface area contributed by atoms with Crippen molar-refractivity contribution in [2.45, 2.75) is 31.6 Å². The van der Waals surface area contributed by atoms with Crippen LogP contribution >= 0.6 is 23.2 Å². The molecule has 3 rings (SSSR count). The third kappa shape index (κ3) is 2.02. The minimum absolute atomic E-state index is 0.0648. The first kappa shape index (κ1) is 12.3. The smallest absolute Gasteiger partial charge is 0.0758 e. The lowest BCUT2D eigenvalue weighted by molar-refractivity contribution is 0.311. The Bertz CT molecular complexity index is 506. The number of benzene rings is 1. The van der Waals surface area contributed by atoms with E-state index >= 15 is 0 Å². The van der Waals surface area contributed by atoms with Crippen LogP contribution in [0.4, 0.5) is 0 Å². The van der Waals surface area contributed by atoms with Gasteiger partial charge in [0.2, 0.25) is 0 Å². The molecule has 0 spiro atoms. The normalized spacial score (nSPS) is 31.3. The van der Waals surface area contributed by atoms with Crippen LogP contribution in [0, 0.1) is 29.1 Å². The Morgan fingerprint density at radius 2 is 2.06 bits per heavy atom. The Hall–Kier alpha value is -0.710. The van der Waals surface area contributed by atoms with Crippen LogP contribution in [-0.4, -0.2) is 0 Å². The van der Waals surface area contributed by atoms with E-state index in [0.29, 0.717) is 16.0 Å². The van der Waals surface area contributed by atoms with Gasteiger partial charge in [-0.2, -0.15) is 5.26 Å². The molecule has 1 aromatic rings. The standard InChI is InChI=1S/C15H15Cl2N/c16-11-3-4-12(15(17)7-11)14(8-18)13-6-9-1-2-10(13)5-9/h3-4,7,9-10,13-14H,1-2,5-6H2. The maximum atomic E-state index is 9.52. The maximum absolute atomic E-state index is 9.52. The molecule has 0 radical (unpaired) electrons. The molecule has 94 valence electrons. The topological polar surface area (TPSA) is 23.8 Å². The number of nitriles is 1. The Morgan fingerprint density at radius 3 is 2.61 bits per heavy atom. The molecule has 4 atom stereocenters. The van der Waals surface area contributed by atoms with Crippen molar-refractivity contribution >= 4 is 23.2 Å². The van der Waals surface area contributed by atoms with Crippen molar-refractivity contribution in [3.8, 4) is 6.07 Å². The van der Waals surface area contributed by atoms with E-state index in [1.54, 1.807) is 6.07 Å².